The van der Waals surface area contributed by atoms with Gasteiger partial charge in [-0.2, -0.15) is 5.26 Å². The van der Waals surface area contributed by atoms with Crippen molar-refractivity contribution in [3.05, 3.63) is 175 Å². The maximum atomic E-state index is 10.5. The highest BCUT2D eigenvalue weighted by atomic mass is 15.0. The number of fused-ring (bicyclic) bond motifs is 6. The van der Waals surface area contributed by atoms with Crippen LogP contribution in [0.5, 0.6) is 0 Å². The molecule has 9 aromatic rings. The third-order valence-electron chi connectivity index (χ3n) is 9.41. The molecule has 0 N–H and O–H groups in total. The van der Waals surface area contributed by atoms with Crippen molar-refractivity contribution in [1.29, 1.82) is 5.26 Å². The average Bonchev–Trinajstić information content (AvgIpc) is 3.67. The normalized spacial score (nSPS) is 11.3. The maximum Gasteiger partial charge on any atom is 0.218 e. The van der Waals surface area contributed by atoms with Crippen molar-refractivity contribution < 1.29 is 0 Å². The molecule has 9 rings (SSSR count). The topological polar surface area (TPSA) is 38.0 Å². The number of nitrogens with zero attached hydrogens (tertiary/aromatic N) is 4. The van der Waals surface area contributed by atoms with Gasteiger partial charge in [0, 0.05) is 27.1 Å². The summed E-state index contributed by atoms with van der Waals surface area (Å²) in [7, 11) is 0. The molecule has 7 aromatic carbocycles. The van der Waals surface area contributed by atoms with Crippen LogP contribution >= 0.6 is 0 Å². The molecule has 0 bridgehead atoms. The summed E-state index contributed by atoms with van der Waals surface area (Å²) in [5.41, 5.74) is 10.7. The molecule has 4 heteroatoms. The lowest BCUT2D eigenvalue weighted by Gasteiger charge is -2.16. The van der Waals surface area contributed by atoms with Crippen LogP contribution in [0.2, 0.25) is 0 Å². The monoisotopic (exact) mass is 610 g/mol. The first kappa shape index (κ1) is 27.4. The van der Waals surface area contributed by atoms with E-state index >= 15 is 0 Å². The predicted molar refractivity (Wildman–Crippen MR) is 197 cm³/mol. The van der Waals surface area contributed by atoms with Gasteiger partial charge in [0.2, 0.25) is 5.69 Å². The molecule has 0 radical (unpaired) electrons. The van der Waals surface area contributed by atoms with E-state index in [1.165, 1.54) is 10.8 Å². The van der Waals surface area contributed by atoms with Crippen LogP contribution in [0.3, 0.4) is 0 Å². The first-order valence-electron chi connectivity index (χ1n) is 15.9. The largest absolute Gasteiger partial charge is 0.319 e. The van der Waals surface area contributed by atoms with Crippen LogP contribution in [0.15, 0.2) is 158 Å². The summed E-state index contributed by atoms with van der Waals surface area (Å²) < 4.78 is 4.48. The Morgan fingerprint density at radius 3 is 1.46 bits per heavy atom. The fraction of sp³-hybridized carbons (Fsp3) is 0. The maximum absolute atomic E-state index is 10.5. The van der Waals surface area contributed by atoms with E-state index in [4.69, 9.17) is 6.57 Å². The van der Waals surface area contributed by atoms with Gasteiger partial charge in [0.25, 0.3) is 0 Å². The molecule has 2 aromatic heterocycles. The lowest BCUT2D eigenvalue weighted by atomic mass is 9.93. The van der Waals surface area contributed by atoms with Crippen molar-refractivity contribution in [1.82, 2.24) is 9.13 Å². The Kier molecular flexibility index (Phi) is 6.22. The van der Waals surface area contributed by atoms with Crippen molar-refractivity contribution in [2.45, 2.75) is 0 Å². The Morgan fingerprint density at radius 2 is 0.917 bits per heavy atom. The van der Waals surface area contributed by atoms with Crippen LogP contribution < -0.4 is 0 Å². The van der Waals surface area contributed by atoms with Crippen molar-refractivity contribution in [3.63, 3.8) is 0 Å². The lowest BCUT2D eigenvalue weighted by Crippen LogP contribution is -1.98. The quantitative estimate of drug-likeness (QED) is 0.183. The Labute approximate surface area is 277 Å². The van der Waals surface area contributed by atoms with Gasteiger partial charge in [0.05, 0.1) is 51.6 Å². The van der Waals surface area contributed by atoms with E-state index in [9.17, 15) is 5.26 Å². The minimum Gasteiger partial charge on any atom is -0.319 e. The number of aromatic nitrogens is 2. The van der Waals surface area contributed by atoms with Gasteiger partial charge in [-0.25, -0.2) is 4.85 Å². The Hall–Kier alpha value is -6.88. The number of hydrogen-bond donors (Lipinski definition) is 0. The highest BCUT2D eigenvalue weighted by Gasteiger charge is 2.20. The molecule has 222 valence electrons. The highest BCUT2D eigenvalue weighted by molar-refractivity contribution is 6.11. The van der Waals surface area contributed by atoms with E-state index in [-0.39, 0.29) is 0 Å². The average molecular weight is 611 g/mol. The SMILES string of the molecule is [C-]#[N+]c1c(-c2ccc(-c3ccccc3-n3c4ccccc4c4ccccc43)cc2C#N)cccc1-n1c2ccccc2c2ccccc21. The molecule has 4 nitrogen and oxygen atoms in total. The van der Waals surface area contributed by atoms with Gasteiger partial charge in [-0.1, -0.05) is 115 Å². The van der Waals surface area contributed by atoms with E-state index in [0.29, 0.717) is 11.3 Å². The van der Waals surface area contributed by atoms with Crippen molar-refractivity contribution in [2.75, 3.05) is 0 Å². The number of hydrogen-bond acceptors (Lipinski definition) is 1. The van der Waals surface area contributed by atoms with Gasteiger partial charge in [0.1, 0.15) is 0 Å². The van der Waals surface area contributed by atoms with Crippen LogP contribution in [0.25, 0.3) is 82.1 Å². The second kappa shape index (κ2) is 10.9. The third-order valence-corrected chi connectivity index (χ3v) is 9.41. The van der Waals surface area contributed by atoms with Crippen molar-refractivity contribution >= 4 is 49.3 Å². The lowest BCUT2D eigenvalue weighted by molar-refractivity contribution is 1.18. The van der Waals surface area contributed by atoms with Crippen LogP contribution in [-0.2, 0) is 0 Å². The summed E-state index contributed by atoms with van der Waals surface area (Å²) in [6, 6.07) is 56.3. The van der Waals surface area contributed by atoms with Gasteiger partial charge in [-0.05, 0) is 59.2 Å². The summed E-state index contributed by atoms with van der Waals surface area (Å²) in [6.45, 7) is 8.36. The highest BCUT2D eigenvalue weighted by Crippen LogP contribution is 2.43. The van der Waals surface area contributed by atoms with Crippen LogP contribution in [0.4, 0.5) is 5.69 Å². The van der Waals surface area contributed by atoms with E-state index in [1.54, 1.807) is 0 Å². The molecule has 0 atom stereocenters. The molecular formula is C44H26N4. The number of nitriles is 1. The summed E-state index contributed by atoms with van der Waals surface area (Å²) in [5.74, 6) is 0. The Balaban J connectivity index is 1.23. The van der Waals surface area contributed by atoms with E-state index in [0.717, 1.165) is 66.5 Å². The molecule has 0 unspecified atom stereocenters. The molecule has 0 fully saturated rings. The van der Waals surface area contributed by atoms with Crippen LogP contribution in [0, 0.1) is 17.9 Å². The first-order valence-corrected chi connectivity index (χ1v) is 15.9. The third kappa shape index (κ3) is 4.01. The molecule has 0 aliphatic heterocycles. The summed E-state index contributed by atoms with van der Waals surface area (Å²) in [4.78, 5) is 4.09. The summed E-state index contributed by atoms with van der Waals surface area (Å²) >= 11 is 0. The van der Waals surface area contributed by atoms with Gasteiger partial charge in [-0.15, -0.1) is 0 Å². The van der Waals surface area contributed by atoms with Crippen molar-refractivity contribution in [2.24, 2.45) is 0 Å². The van der Waals surface area contributed by atoms with Gasteiger partial charge in [-0.3, -0.25) is 0 Å². The molecule has 2 heterocycles. The number of rotatable bonds is 4. The van der Waals surface area contributed by atoms with Crippen molar-refractivity contribution in [3.8, 4) is 39.7 Å². The first-order chi connectivity index (χ1) is 23.8. The smallest absolute Gasteiger partial charge is 0.218 e. The fourth-order valence-electron chi connectivity index (χ4n) is 7.36. The van der Waals surface area contributed by atoms with Gasteiger partial charge < -0.3 is 9.13 Å². The van der Waals surface area contributed by atoms with E-state index < -0.39 is 0 Å². The minimum atomic E-state index is 0.513. The van der Waals surface area contributed by atoms with E-state index in [2.05, 4.69) is 117 Å². The van der Waals surface area contributed by atoms with Gasteiger partial charge in [0.15, 0.2) is 0 Å². The second-order valence-electron chi connectivity index (χ2n) is 11.9. The molecule has 0 saturated heterocycles. The zero-order valence-electron chi connectivity index (χ0n) is 25.8. The molecule has 48 heavy (non-hydrogen) atoms. The second-order valence-corrected chi connectivity index (χ2v) is 11.9. The molecule has 0 saturated carbocycles. The number of benzene rings is 7. The molecule has 0 aliphatic rings. The van der Waals surface area contributed by atoms with E-state index in [1.807, 2.05) is 60.7 Å². The minimum absolute atomic E-state index is 0.513. The fourth-order valence-corrected chi connectivity index (χ4v) is 7.36. The zero-order valence-corrected chi connectivity index (χ0v) is 25.8. The van der Waals surface area contributed by atoms with Crippen LogP contribution in [0.1, 0.15) is 5.56 Å². The molecule has 0 aliphatic carbocycles. The zero-order chi connectivity index (χ0) is 32.2. The standard InChI is InChI=1S/C44H26N4/c1-46-44-37(18-12-24-43(44)48-41-22-10-5-16-35(41)36-17-6-11-23-42(36)48)31-26-25-29(27-30(31)28-45)32-13-2-7-19-38(32)47-39-20-8-3-14-33(39)34-15-4-9-21-40(34)47/h2-27H. The summed E-state index contributed by atoms with van der Waals surface area (Å²) in [6.07, 6.45) is 0. The Bertz CT molecular complexity index is 2710. The Morgan fingerprint density at radius 1 is 0.458 bits per heavy atom. The molecule has 0 spiro atoms. The molecular weight excluding hydrogens is 585 g/mol. The predicted octanol–water partition coefficient (Wildman–Crippen LogP) is 11.6. The van der Waals surface area contributed by atoms with Crippen LogP contribution in [-0.4, -0.2) is 9.13 Å². The molecule has 0 amide bonds. The van der Waals surface area contributed by atoms with Gasteiger partial charge >= 0.3 is 0 Å². The summed E-state index contributed by atoms with van der Waals surface area (Å²) in [5, 5.41) is 15.2. The number of para-hydroxylation sites is 6.